The monoisotopic (exact) mass is 186 g/mol. The van der Waals surface area contributed by atoms with E-state index in [1.807, 2.05) is 0 Å². The maximum absolute atomic E-state index is 5.08. The minimum Gasteiger partial charge on any atom is -0.502 e. The molecule has 70 valence electrons. The molecule has 2 heteroatoms. The quantitative estimate of drug-likeness (QED) is 0.481. The lowest BCUT2D eigenvalue weighted by atomic mass is 10.1. The molecular weight excluding hydrogens is 168 g/mol. The average molecular weight is 186 g/mol. The first-order chi connectivity index (χ1) is 5.93. The van der Waals surface area contributed by atoms with Crippen molar-refractivity contribution in [1.29, 1.82) is 0 Å². The molecule has 1 rings (SSSR count). The number of rotatable bonds is 5. The summed E-state index contributed by atoms with van der Waals surface area (Å²) < 4.78 is 5.08. The van der Waals surface area contributed by atoms with Gasteiger partial charge < -0.3 is 4.74 Å². The number of hydrogen-bond acceptors (Lipinski definition) is 2. The summed E-state index contributed by atoms with van der Waals surface area (Å²) in [6.45, 7) is 4.37. The van der Waals surface area contributed by atoms with Gasteiger partial charge in [0, 0.05) is 5.25 Å². The van der Waals surface area contributed by atoms with E-state index in [4.69, 9.17) is 4.74 Å². The lowest BCUT2D eigenvalue weighted by molar-refractivity contribution is 0.242. The van der Waals surface area contributed by atoms with Crippen molar-refractivity contribution < 1.29 is 4.74 Å². The van der Waals surface area contributed by atoms with Crippen LogP contribution in [0.2, 0.25) is 0 Å². The molecule has 0 aromatic carbocycles. The van der Waals surface area contributed by atoms with Crippen LogP contribution in [-0.2, 0) is 4.74 Å². The Balaban J connectivity index is 1.94. The number of ether oxygens (including phenoxy) is 1. The van der Waals surface area contributed by atoms with Gasteiger partial charge in [-0.3, -0.25) is 0 Å². The van der Waals surface area contributed by atoms with E-state index in [0.29, 0.717) is 0 Å². The molecule has 0 aromatic rings. The Morgan fingerprint density at radius 2 is 2.42 bits per heavy atom. The summed E-state index contributed by atoms with van der Waals surface area (Å²) in [6, 6.07) is 0. The van der Waals surface area contributed by atoms with Gasteiger partial charge in [-0.05, 0) is 31.4 Å². The molecule has 0 radical (unpaired) electrons. The molecule has 0 aliphatic carbocycles. The van der Waals surface area contributed by atoms with Crippen LogP contribution in [0.5, 0.6) is 0 Å². The molecule has 1 unspecified atom stereocenters. The molecular formula is C10H18OS. The van der Waals surface area contributed by atoms with Gasteiger partial charge in [-0.2, -0.15) is 11.8 Å². The Labute approximate surface area is 79.6 Å². The Kier molecular flexibility index (Phi) is 5.33. The lowest BCUT2D eigenvalue weighted by Gasteiger charge is -2.20. The van der Waals surface area contributed by atoms with Gasteiger partial charge in [-0.25, -0.2) is 0 Å². The van der Waals surface area contributed by atoms with Crippen LogP contribution in [0.4, 0.5) is 0 Å². The summed E-state index contributed by atoms with van der Waals surface area (Å²) in [4.78, 5) is 0. The van der Waals surface area contributed by atoms with Crippen LogP contribution in [0.3, 0.4) is 0 Å². The molecule has 0 amide bonds. The van der Waals surface area contributed by atoms with Gasteiger partial charge in [0.15, 0.2) is 0 Å². The predicted octanol–water partition coefficient (Wildman–Crippen LogP) is 3.21. The fourth-order valence-electron chi connectivity index (χ4n) is 1.51. The molecule has 1 aliphatic heterocycles. The first-order valence-corrected chi connectivity index (χ1v) is 5.82. The molecule has 12 heavy (non-hydrogen) atoms. The summed E-state index contributed by atoms with van der Waals surface area (Å²) in [7, 11) is 0. The molecule has 0 saturated carbocycles. The second-order valence-electron chi connectivity index (χ2n) is 3.17. The van der Waals surface area contributed by atoms with E-state index in [-0.39, 0.29) is 0 Å². The van der Waals surface area contributed by atoms with Gasteiger partial charge in [0.25, 0.3) is 0 Å². The van der Waals surface area contributed by atoms with Crippen molar-refractivity contribution >= 4 is 11.8 Å². The molecule has 1 heterocycles. The van der Waals surface area contributed by atoms with Crippen LogP contribution in [0.15, 0.2) is 12.8 Å². The van der Waals surface area contributed by atoms with Crippen molar-refractivity contribution in [1.82, 2.24) is 0 Å². The van der Waals surface area contributed by atoms with E-state index in [1.165, 1.54) is 44.1 Å². The fourth-order valence-corrected chi connectivity index (χ4v) is 2.88. The van der Waals surface area contributed by atoms with E-state index >= 15 is 0 Å². The van der Waals surface area contributed by atoms with Crippen LogP contribution >= 0.6 is 11.8 Å². The van der Waals surface area contributed by atoms with Crippen LogP contribution in [-0.4, -0.2) is 17.6 Å². The first-order valence-electron chi connectivity index (χ1n) is 4.77. The maximum Gasteiger partial charge on any atom is 0.0873 e. The zero-order valence-electron chi connectivity index (χ0n) is 7.63. The van der Waals surface area contributed by atoms with Crippen molar-refractivity contribution in [3.8, 4) is 0 Å². The highest BCUT2D eigenvalue weighted by Gasteiger charge is 2.12. The van der Waals surface area contributed by atoms with Crippen molar-refractivity contribution in [2.45, 2.75) is 37.4 Å². The van der Waals surface area contributed by atoms with Crippen molar-refractivity contribution in [2.75, 3.05) is 12.4 Å². The van der Waals surface area contributed by atoms with Gasteiger partial charge in [0.2, 0.25) is 0 Å². The van der Waals surface area contributed by atoms with E-state index in [0.717, 1.165) is 11.9 Å². The molecule has 1 atom stereocenters. The molecule has 0 N–H and O–H groups in total. The summed E-state index contributed by atoms with van der Waals surface area (Å²) in [5.41, 5.74) is 0. The van der Waals surface area contributed by atoms with E-state index in [1.54, 1.807) is 0 Å². The van der Waals surface area contributed by atoms with Crippen LogP contribution in [0.25, 0.3) is 0 Å². The zero-order valence-corrected chi connectivity index (χ0v) is 8.44. The minimum atomic E-state index is 0.848. The minimum absolute atomic E-state index is 0.848. The third kappa shape index (κ3) is 4.05. The van der Waals surface area contributed by atoms with Crippen molar-refractivity contribution in [2.24, 2.45) is 0 Å². The standard InChI is InChI=1S/C10H18OS/c1-2-11-8-5-7-10-6-3-4-9-12-10/h2,10H,1,3-9H2. The molecule has 0 spiro atoms. The van der Waals surface area contributed by atoms with E-state index in [2.05, 4.69) is 18.3 Å². The van der Waals surface area contributed by atoms with Crippen molar-refractivity contribution in [3.63, 3.8) is 0 Å². The highest BCUT2D eigenvalue weighted by molar-refractivity contribution is 7.99. The van der Waals surface area contributed by atoms with E-state index < -0.39 is 0 Å². The highest BCUT2D eigenvalue weighted by Crippen LogP contribution is 2.28. The Morgan fingerprint density at radius 1 is 1.50 bits per heavy atom. The third-order valence-corrected chi connectivity index (χ3v) is 3.65. The summed E-state index contributed by atoms with van der Waals surface area (Å²) in [5, 5.41) is 0.909. The van der Waals surface area contributed by atoms with Gasteiger partial charge in [0.1, 0.15) is 0 Å². The summed E-state index contributed by atoms with van der Waals surface area (Å²) in [6.07, 6.45) is 8.30. The maximum atomic E-state index is 5.08. The van der Waals surface area contributed by atoms with Gasteiger partial charge in [-0.1, -0.05) is 13.0 Å². The topological polar surface area (TPSA) is 9.23 Å². The number of hydrogen-bond donors (Lipinski definition) is 0. The fraction of sp³-hybridized carbons (Fsp3) is 0.800. The molecule has 1 aliphatic rings. The van der Waals surface area contributed by atoms with Gasteiger partial charge in [0.05, 0.1) is 12.9 Å². The summed E-state index contributed by atoms with van der Waals surface area (Å²) >= 11 is 2.14. The summed E-state index contributed by atoms with van der Waals surface area (Å²) in [5.74, 6) is 1.37. The van der Waals surface area contributed by atoms with Crippen LogP contribution in [0.1, 0.15) is 32.1 Å². The van der Waals surface area contributed by atoms with Crippen molar-refractivity contribution in [3.05, 3.63) is 12.8 Å². The first kappa shape index (κ1) is 9.97. The predicted molar refractivity (Wildman–Crippen MR) is 55.5 cm³/mol. The van der Waals surface area contributed by atoms with E-state index in [9.17, 15) is 0 Å². The van der Waals surface area contributed by atoms with Gasteiger partial charge in [-0.15, -0.1) is 0 Å². The van der Waals surface area contributed by atoms with Crippen LogP contribution in [0, 0.1) is 0 Å². The zero-order chi connectivity index (χ0) is 8.65. The third-order valence-electron chi connectivity index (χ3n) is 2.18. The average Bonchev–Trinajstić information content (AvgIpc) is 2.14. The molecule has 1 saturated heterocycles. The molecule has 1 fully saturated rings. The smallest absolute Gasteiger partial charge is 0.0873 e. The second kappa shape index (κ2) is 6.41. The molecule has 1 nitrogen and oxygen atoms in total. The second-order valence-corrected chi connectivity index (χ2v) is 4.58. The Morgan fingerprint density at radius 3 is 3.08 bits per heavy atom. The van der Waals surface area contributed by atoms with Crippen LogP contribution < -0.4 is 0 Å². The Bertz CT molecular complexity index is 119. The SMILES string of the molecule is C=COCCCC1CCCCS1. The Hall–Kier alpha value is -0.110. The molecule has 0 bridgehead atoms. The number of thioether (sulfide) groups is 1. The normalized spacial score (nSPS) is 23.5. The molecule has 0 aromatic heterocycles. The lowest BCUT2D eigenvalue weighted by Crippen LogP contribution is -2.09. The van der Waals surface area contributed by atoms with Gasteiger partial charge >= 0.3 is 0 Å². The highest BCUT2D eigenvalue weighted by atomic mass is 32.2. The largest absolute Gasteiger partial charge is 0.502 e.